The Morgan fingerprint density at radius 2 is 1.97 bits per heavy atom. The van der Waals surface area contributed by atoms with Gasteiger partial charge in [-0.1, -0.05) is 24.8 Å². The minimum absolute atomic E-state index is 0.156. The Hall–Kier alpha value is -3.65. The molecule has 2 aromatic carbocycles. The van der Waals surface area contributed by atoms with Gasteiger partial charge in [0, 0.05) is 28.9 Å². The number of ether oxygens (including phenoxy) is 1. The Morgan fingerprint density at radius 1 is 1.24 bits per heavy atom. The molecule has 8 heteroatoms. The Kier molecular flexibility index (Phi) is 6.43. The first kappa shape index (κ1) is 23.5. The van der Waals surface area contributed by atoms with E-state index in [9.17, 15) is 19.5 Å². The zero-order valence-electron chi connectivity index (χ0n) is 19.4. The standard InChI is InChI=1S/C26H29N3O5/c1-16-7-12-21(24(31)28-16)29-13-20-19(25(29)32)5-4-6-22(20)34-14-17-8-10-18(11-9-17)23(30)27-15-26(2,3)33/h4-6,8-11,21,33H,1,7,12-15H2,2-3H3,(H,27,30)(H,28,31). The lowest BCUT2D eigenvalue weighted by atomic mass is 10.0. The molecule has 2 heterocycles. The van der Waals surface area contributed by atoms with Crippen molar-refractivity contribution < 1.29 is 24.2 Å². The second-order valence-corrected chi connectivity index (χ2v) is 9.34. The number of aliphatic hydroxyl groups is 1. The minimum atomic E-state index is -0.980. The van der Waals surface area contributed by atoms with E-state index in [1.165, 1.54) is 0 Å². The number of hydrogen-bond donors (Lipinski definition) is 3. The van der Waals surface area contributed by atoms with E-state index >= 15 is 0 Å². The van der Waals surface area contributed by atoms with Crippen molar-refractivity contribution >= 4 is 17.7 Å². The van der Waals surface area contributed by atoms with Crippen molar-refractivity contribution in [1.29, 1.82) is 0 Å². The highest BCUT2D eigenvalue weighted by atomic mass is 16.5. The van der Waals surface area contributed by atoms with Gasteiger partial charge in [0.2, 0.25) is 5.91 Å². The Bertz CT molecular complexity index is 1130. The molecule has 2 aromatic rings. The van der Waals surface area contributed by atoms with Gasteiger partial charge in [0.25, 0.3) is 11.8 Å². The number of carbonyl (C=O) groups is 3. The number of allylic oxidation sites excluding steroid dienone is 1. The van der Waals surface area contributed by atoms with Gasteiger partial charge in [-0.25, -0.2) is 0 Å². The van der Waals surface area contributed by atoms with Crippen LogP contribution in [0.1, 0.15) is 58.5 Å². The first-order valence-electron chi connectivity index (χ1n) is 11.3. The van der Waals surface area contributed by atoms with E-state index in [4.69, 9.17) is 4.74 Å². The first-order valence-corrected chi connectivity index (χ1v) is 11.3. The van der Waals surface area contributed by atoms with Crippen molar-refractivity contribution in [2.24, 2.45) is 0 Å². The molecule has 0 aromatic heterocycles. The van der Waals surface area contributed by atoms with Crippen LogP contribution < -0.4 is 15.4 Å². The van der Waals surface area contributed by atoms with Gasteiger partial charge in [-0.3, -0.25) is 14.4 Å². The van der Waals surface area contributed by atoms with Crippen LogP contribution in [-0.4, -0.2) is 45.9 Å². The fourth-order valence-electron chi connectivity index (χ4n) is 4.08. The number of hydrogen-bond acceptors (Lipinski definition) is 5. The average molecular weight is 464 g/mol. The molecule has 0 radical (unpaired) electrons. The van der Waals surface area contributed by atoms with Gasteiger partial charge in [-0.2, -0.15) is 0 Å². The third-order valence-corrected chi connectivity index (χ3v) is 5.94. The molecule has 3 N–H and O–H groups in total. The van der Waals surface area contributed by atoms with E-state index in [-0.39, 0.29) is 30.9 Å². The molecule has 1 atom stereocenters. The zero-order valence-corrected chi connectivity index (χ0v) is 19.4. The summed E-state index contributed by atoms with van der Waals surface area (Å²) >= 11 is 0. The Labute approximate surface area is 198 Å². The van der Waals surface area contributed by atoms with E-state index < -0.39 is 11.6 Å². The van der Waals surface area contributed by atoms with Gasteiger partial charge in [0.1, 0.15) is 18.4 Å². The summed E-state index contributed by atoms with van der Waals surface area (Å²) in [6.07, 6.45) is 1.20. The molecule has 178 valence electrons. The summed E-state index contributed by atoms with van der Waals surface area (Å²) in [5.41, 5.74) is 2.37. The molecule has 4 rings (SSSR count). The zero-order chi connectivity index (χ0) is 24.5. The lowest BCUT2D eigenvalue weighted by molar-refractivity contribution is -0.126. The van der Waals surface area contributed by atoms with Crippen LogP contribution in [0.3, 0.4) is 0 Å². The van der Waals surface area contributed by atoms with Gasteiger partial charge in [-0.05, 0) is 56.5 Å². The topological polar surface area (TPSA) is 108 Å². The summed E-state index contributed by atoms with van der Waals surface area (Å²) in [4.78, 5) is 39.2. The highest BCUT2D eigenvalue weighted by molar-refractivity contribution is 6.02. The van der Waals surface area contributed by atoms with Crippen molar-refractivity contribution in [1.82, 2.24) is 15.5 Å². The monoisotopic (exact) mass is 463 g/mol. The largest absolute Gasteiger partial charge is 0.489 e. The van der Waals surface area contributed by atoms with Crippen LogP contribution in [0, 0.1) is 0 Å². The molecule has 1 saturated heterocycles. The third kappa shape index (κ3) is 5.12. The molecule has 2 aliphatic rings. The van der Waals surface area contributed by atoms with Gasteiger partial charge >= 0.3 is 0 Å². The molecule has 1 fully saturated rings. The van der Waals surface area contributed by atoms with Gasteiger partial charge in [0.05, 0.1) is 12.1 Å². The smallest absolute Gasteiger partial charge is 0.255 e. The molecule has 0 bridgehead atoms. The fraction of sp³-hybridized carbons (Fsp3) is 0.346. The van der Waals surface area contributed by atoms with Gasteiger partial charge in [0.15, 0.2) is 0 Å². The number of fused-ring (bicyclic) bond motifs is 1. The van der Waals surface area contributed by atoms with Gasteiger partial charge < -0.3 is 25.4 Å². The number of nitrogens with one attached hydrogen (secondary N) is 2. The van der Waals surface area contributed by atoms with Crippen molar-refractivity contribution in [3.05, 3.63) is 77.0 Å². The van der Waals surface area contributed by atoms with Crippen molar-refractivity contribution in [2.75, 3.05) is 6.54 Å². The minimum Gasteiger partial charge on any atom is -0.489 e. The molecule has 34 heavy (non-hydrogen) atoms. The second-order valence-electron chi connectivity index (χ2n) is 9.34. The van der Waals surface area contributed by atoms with Crippen LogP contribution >= 0.6 is 0 Å². The van der Waals surface area contributed by atoms with Gasteiger partial charge in [-0.15, -0.1) is 0 Å². The number of benzene rings is 2. The van der Waals surface area contributed by atoms with Crippen LogP contribution in [0.2, 0.25) is 0 Å². The highest BCUT2D eigenvalue weighted by Crippen LogP contribution is 2.34. The summed E-state index contributed by atoms with van der Waals surface area (Å²) in [5.74, 6) is -0.0357. The summed E-state index contributed by atoms with van der Waals surface area (Å²) in [5, 5.41) is 15.2. The summed E-state index contributed by atoms with van der Waals surface area (Å²) in [6, 6.07) is 11.8. The van der Waals surface area contributed by atoms with E-state index in [2.05, 4.69) is 17.2 Å². The van der Waals surface area contributed by atoms with Crippen LogP contribution in [0.4, 0.5) is 0 Å². The van der Waals surface area contributed by atoms with E-state index in [0.29, 0.717) is 42.0 Å². The molecular formula is C26H29N3O5. The number of carbonyl (C=O) groups excluding carboxylic acids is 3. The molecular weight excluding hydrogens is 434 g/mol. The van der Waals surface area contributed by atoms with Crippen LogP contribution in [0.15, 0.2) is 54.7 Å². The predicted octanol–water partition coefficient (Wildman–Crippen LogP) is 2.51. The summed E-state index contributed by atoms with van der Waals surface area (Å²) in [7, 11) is 0. The lowest BCUT2D eigenvalue weighted by Crippen LogP contribution is -2.49. The lowest BCUT2D eigenvalue weighted by Gasteiger charge is -2.31. The van der Waals surface area contributed by atoms with Crippen molar-refractivity contribution in [3.63, 3.8) is 0 Å². The normalized spacial score (nSPS) is 17.9. The molecule has 0 spiro atoms. The maximum atomic E-state index is 13.0. The quantitative estimate of drug-likeness (QED) is 0.585. The number of piperidine rings is 1. The van der Waals surface area contributed by atoms with Crippen LogP contribution in [-0.2, 0) is 17.9 Å². The Morgan fingerprint density at radius 3 is 2.65 bits per heavy atom. The van der Waals surface area contributed by atoms with Crippen molar-refractivity contribution in [2.45, 2.75) is 51.5 Å². The number of nitrogens with zero attached hydrogens (tertiary/aromatic N) is 1. The van der Waals surface area contributed by atoms with Crippen LogP contribution in [0.25, 0.3) is 0 Å². The maximum absolute atomic E-state index is 13.0. The van der Waals surface area contributed by atoms with Crippen LogP contribution in [0.5, 0.6) is 5.75 Å². The molecule has 1 unspecified atom stereocenters. The summed E-state index contributed by atoms with van der Waals surface area (Å²) < 4.78 is 6.03. The van der Waals surface area contributed by atoms with E-state index in [0.717, 1.165) is 11.1 Å². The predicted molar refractivity (Wildman–Crippen MR) is 126 cm³/mol. The molecule has 8 nitrogen and oxygen atoms in total. The molecule has 2 aliphatic heterocycles. The molecule has 0 saturated carbocycles. The summed E-state index contributed by atoms with van der Waals surface area (Å²) in [6.45, 7) is 7.79. The van der Waals surface area contributed by atoms with E-state index in [1.54, 1.807) is 55.1 Å². The third-order valence-electron chi connectivity index (χ3n) is 5.94. The SMILES string of the molecule is C=C1CCC(N2Cc3c(OCc4ccc(C(=O)NCC(C)(C)O)cc4)cccc3C2=O)C(=O)N1. The first-order chi connectivity index (χ1) is 16.1. The fourth-order valence-corrected chi connectivity index (χ4v) is 4.08. The second kappa shape index (κ2) is 9.30. The maximum Gasteiger partial charge on any atom is 0.255 e. The molecule has 0 aliphatic carbocycles. The Balaban J connectivity index is 1.40. The number of rotatable bonds is 7. The number of amides is 3. The highest BCUT2D eigenvalue weighted by Gasteiger charge is 2.39. The average Bonchev–Trinajstić information content (AvgIpc) is 3.13. The van der Waals surface area contributed by atoms with Crippen molar-refractivity contribution in [3.8, 4) is 5.75 Å². The van der Waals surface area contributed by atoms with E-state index in [1.807, 2.05) is 6.07 Å². The molecule has 3 amide bonds.